The zero-order chi connectivity index (χ0) is 11.7. The van der Waals surface area contributed by atoms with Crippen LogP contribution in [-0.4, -0.2) is 12.5 Å². The van der Waals surface area contributed by atoms with Crippen molar-refractivity contribution in [1.29, 1.82) is 0 Å². The third-order valence-corrected chi connectivity index (χ3v) is 3.41. The van der Waals surface area contributed by atoms with Crippen LogP contribution in [-0.2, 0) is 4.79 Å². The van der Waals surface area contributed by atoms with Crippen LogP contribution in [0, 0.1) is 16.7 Å². The van der Waals surface area contributed by atoms with Crippen molar-refractivity contribution < 1.29 is 4.79 Å². The number of rotatable bonds is 2. The Morgan fingerprint density at radius 2 is 1.93 bits per heavy atom. The molecule has 1 saturated carbocycles. The molecule has 0 radical (unpaired) electrons. The van der Waals surface area contributed by atoms with Crippen molar-refractivity contribution in [3.8, 4) is 0 Å². The van der Waals surface area contributed by atoms with Crippen LogP contribution in [0.4, 0.5) is 0 Å². The molecule has 1 N–H and O–H groups in total. The molecule has 15 heavy (non-hydrogen) atoms. The molecule has 2 heteroatoms. The molecular formula is C13H25NO. The Bertz CT molecular complexity index is 247. The predicted octanol–water partition coefficient (Wildman–Crippen LogP) is 2.98. The summed E-state index contributed by atoms with van der Waals surface area (Å²) < 4.78 is 0. The normalized spacial score (nSPS) is 34.9. The predicted molar refractivity (Wildman–Crippen MR) is 63.6 cm³/mol. The second-order valence-electron chi connectivity index (χ2n) is 6.57. The molecule has 0 bridgehead atoms. The van der Waals surface area contributed by atoms with Gasteiger partial charge < -0.3 is 5.32 Å². The van der Waals surface area contributed by atoms with Crippen LogP contribution in [0.3, 0.4) is 0 Å². The van der Waals surface area contributed by atoms with Gasteiger partial charge in [-0.15, -0.1) is 0 Å². The highest BCUT2D eigenvalue weighted by molar-refractivity contribution is 5.72. The summed E-state index contributed by atoms with van der Waals surface area (Å²) in [5, 5.41) is 2.98. The lowest BCUT2D eigenvalue weighted by atomic mass is 9.61. The summed E-state index contributed by atoms with van der Waals surface area (Å²) in [4.78, 5) is 11.0. The van der Waals surface area contributed by atoms with Crippen molar-refractivity contribution in [3.63, 3.8) is 0 Å². The van der Waals surface area contributed by atoms with E-state index in [0.29, 0.717) is 5.41 Å². The summed E-state index contributed by atoms with van der Waals surface area (Å²) in [6.07, 6.45) is 3.75. The molecule has 0 spiro atoms. The van der Waals surface area contributed by atoms with E-state index in [1.54, 1.807) is 6.92 Å². The van der Waals surface area contributed by atoms with Gasteiger partial charge in [0.05, 0.1) is 0 Å². The summed E-state index contributed by atoms with van der Waals surface area (Å²) in [5.74, 6) is 0.861. The number of hydrogen-bond donors (Lipinski definition) is 1. The number of carbonyl (C=O) groups excluding carboxylic acids is 1. The largest absolute Gasteiger partial charge is 0.356 e. The van der Waals surface area contributed by atoms with Gasteiger partial charge in [-0.2, -0.15) is 0 Å². The molecule has 0 saturated heterocycles. The highest BCUT2D eigenvalue weighted by atomic mass is 16.1. The molecule has 2 unspecified atom stereocenters. The Morgan fingerprint density at radius 1 is 1.33 bits per heavy atom. The van der Waals surface area contributed by atoms with Crippen LogP contribution in [0.2, 0.25) is 0 Å². The molecular weight excluding hydrogens is 186 g/mol. The second-order valence-corrected chi connectivity index (χ2v) is 6.57. The van der Waals surface area contributed by atoms with Gasteiger partial charge in [0, 0.05) is 13.5 Å². The van der Waals surface area contributed by atoms with Crippen molar-refractivity contribution in [2.45, 2.75) is 53.9 Å². The standard InChI is InChI=1S/C13H25NO/c1-10-6-12(3,4)8-13(5,7-10)9-14-11(2)15/h10H,6-9H2,1-5H3,(H,14,15). The van der Waals surface area contributed by atoms with E-state index in [2.05, 4.69) is 33.0 Å². The number of hydrogen-bond acceptors (Lipinski definition) is 1. The van der Waals surface area contributed by atoms with Gasteiger partial charge in [-0.3, -0.25) is 4.79 Å². The first-order valence-electron chi connectivity index (χ1n) is 5.97. The molecule has 0 aromatic heterocycles. The van der Waals surface area contributed by atoms with E-state index in [9.17, 15) is 4.79 Å². The molecule has 2 atom stereocenters. The lowest BCUT2D eigenvalue weighted by Crippen LogP contribution is -2.42. The molecule has 0 aliphatic heterocycles. The minimum atomic E-state index is 0.0901. The van der Waals surface area contributed by atoms with Crippen molar-refractivity contribution >= 4 is 5.91 Å². The van der Waals surface area contributed by atoms with Gasteiger partial charge in [0.2, 0.25) is 5.91 Å². The van der Waals surface area contributed by atoms with Crippen molar-refractivity contribution in [1.82, 2.24) is 5.32 Å². The summed E-state index contributed by atoms with van der Waals surface area (Å²) in [5.41, 5.74) is 0.706. The fourth-order valence-electron chi connectivity index (χ4n) is 3.63. The van der Waals surface area contributed by atoms with Crippen molar-refractivity contribution in [3.05, 3.63) is 0 Å². The summed E-state index contributed by atoms with van der Waals surface area (Å²) in [6, 6.07) is 0. The molecule has 1 fully saturated rings. The minimum absolute atomic E-state index is 0.0901. The Hall–Kier alpha value is -0.530. The molecule has 0 aromatic carbocycles. The first-order chi connectivity index (χ1) is 6.72. The Kier molecular flexibility index (Phi) is 3.47. The topological polar surface area (TPSA) is 29.1 Å². The minimum Gasteiger partial charge on any atom is -0.356 e. The van der Waals surface area contributed by atoms with Gasteiger partial charge in [-0.05, 0) is 36.0 Å². The average Bonchev–Trinajstić information content (AvgIpc) is 1.96. The van der Waals surface area contributed by atoms with Crippen LogP contribution in [0.1, 0.15) is 53.9 Å². The van der Waals surface area contributed by atoms with Crippen LogP contribution in [0.5, 0.6) is 0 Å². The van der Waals surface area contributed by atoms with Gasteiger partial charge in [-0.1, -0.05) is 27.7 Å². The van der Waals surface area contributed by atoms with Crippen LogP contribution in [0.15, 0.2) is 0 Å². The summed E-state index contributed by atoms with van der Waals surface area (Å²) in [7, 11) is 0. The van der Waals surface area contributed by atoms with Gasteiger partial charge in [0.15, 0.2) is 0 Å². The SMILES string of the molecule is CC(=O)NCC1(C)CC(C)CC(C)(C)C1. The summed E-state index contributed by atoms with van der Waals surface area (Å²) in [6.45, 7) is 11.7. The second kappa shape index (κ2) is 4.15. The number of carbonyl (C=O) groups is 1. The highest BCUT2D eigenvalue weighted by Crippen LogP contribution is 2.48. The lowest BCUT2D eigenvalue weighted by molar-refractivity contribution is -0.119. The van der Waals surface area contributed by atoms with Crippen molar-refractivity contribution in [2.75, 3.05) is 6.54 Å². The van der Waals surface area contributed by atoms with E-state index in [4.69, 9.17) is 0 Å². The molecule has 0 aromatic rings. The van der Waals surface area contributed by atoms with Gasteiger partial charge >= 0.3 is 0 Å². The molecule has 0 heterocycles. The van der Waals surface area contributed by atoms with Crippen LogP contribution in [0.25, 0.3) is 0 Å². The number of nitrogens with one attached hydrogen (secondary N) is 1. The Morgan fingerprint density at radius 3 is 2.40 bits per heavy atom. The molecule has 88 valence electrons. The van der Waals surface area contributed by atoms with E-state index in [0.717, 1.165) is 12.5 Å². The zero-order valence-corrected chi connectivity index (χ0v) is 10.8. The molecule has 1 amide bonds. The lowest BCUT2D eigenvalue weighted by Gasteiger charge is -2.46. The summed E-state index contributed by atoms with van der Waals surface area (Å²) >= 11 is 0. The van der Waals surface area contributed by atoms with Crippen LogP contribution >= 0.6 is 0 Å². The van der Waals surface area contributed by atoms with E-state index < -0.39 is 0 Å². The fraction of sp³-hybridized carbons (Fsp3) is 0.923. The van der Waals surface area contributed by atoms with Gasteiger partial charge in [0.25, 0.3) is 0 Å². The van der Waals surface area contributed by atoms with E-state index in [-0.39, 0.29) is 11.3 Å². The fourth-order valence-corrected chi connectivity index (χ4v) is 3.63. The average molecular weight is 211 g/mol. The maximum absolute atomic E-state index is 11.0. The maximum atomic E-state index is 11.0. The monoisotopic (exact) mass is 211 g/mol. The quantitative estimate of drug-likeness (QED) is 0.747. The number of amides is 1. The maximum Gasteiger partial charge on any atom is 0.216 e. The van der Waals surface area contributed by atoms with E-state index in [1.807, 2.05) is 0 Å². The highest BCUT2D eigenvalue weighted by Gasteiger charge is 2.39. The van der Waals surface area contributed by atoms with E-state index >= 15 is 0 Å². The van der Waals surface area contributed by atoms with Gasteiger partial charge in [0.1, 0.15) is 0 Å². The Labute approximate surface area is 93.8 Å². The zero-order valence-electron chi connectivity index (χ0n) is 10.8. The molecule has 2 nitrogen and oxygen atoms in total. The van der Waals surface area contributed by atoms with Gasteiger partial charge in [-0.25, -0.2) is 0 Å². The van der Waals surface area contributed by atoms with Crippen molar-refractivity contribution in [2.24, 2.45) is 16.7 Å². The van der Waals surface area contributed by atoms with Crippen LogP contribution < -0.4 is 5.32 Å². The molecule has 1 rings (SSSR count). The Balaban J connectivity index is 2.62. The molecule has 1 aliphatic carbocycles. The smallest absolute Gasteiger partial charge is 0.216 e. The molecule has 1 aliphatic rings. The third kappa shape index (κ3) is 3.84. The third-order valence-electron chi connectivity index (χ3n) is 3.41. The first-order valence-corrected chi connectivity index (χ1v) is 5.97. The first kappa shape index (κ1) is 12.5. The van der Waals surface area contributed by atoms with E-state index in [1.165, 1.54) is 19.3 Å².